The minimum Gasteiger partial charge on any atom is -0.380 e. The molecule has 0 aromatic heterocycles. The van der Waals surface area contributed by atoms with Crippen molar-refractivity contribution in [2.24, 2.45) is 0 Å². The number of ether oxygens (including phenoxy) is 1. The van der Waals surface area contributed by atoms with Crippen LogP contribution in [-0.2, 0) is 4.74 Å². The Morgan fingerprint density at radius 2 is 2.06 bits per heavy atom. The summed E-state index contributed by atoms with van der Waals surface area (Å²) < 4.78 is 5.55. The van der Waals surface area contributed by atoms with Crippen molar-refractivity contribution in [1.29, 1.82) is 0 Å². The Morgan fingerprint density at radius 3 is 2.88 bits per heavy atom. The molecule has 0 spiro atoms. The van der Waals surface area contributed by atoms with Crippen molar-refractivity contribution in [3.8, 4) is 0 Å². The quantitative estimate of drug-likeness (QED) is 0.724. The standard InChI is InChI=1S/C13H26N2O/c1-3-16-11-12(2)15-9-5-8-14-7-4-6-13(14)10-15/h12-13H,3-11H2,1-2H3. The molecule has 0 N–H and O–H groups in total. The van der Waals surface area contributed by atoms with E-state index < -0.39 is 0 Å². The fourth-order valence-electron chi connectivity index (χ4n) is 3.03. The molecule has 0 saturated carbocycles. The van der Waals surface area contributed by atoms with E-state index in [-0.39, 0.29) is 0 Å². The Labute approximate surface area is 99.7 Å². The molecule has 2 aliphatic heterocycles. The third kappa shape index (κ3) is 2.96. The van der Waals surface area contributed by atoms with E-state index in [1.165, 1.54) is 45.4 Å². The van der Waals surface area contributed by atoms with Gasteiger partial charge in [-0.15, -0.1) is 0 Å². The van der Waals surface area contributed by atoms with Crippen LogP contribution in [0.15, 0.2) is 0 Å². The molecule has 0 aromatic carbocycles. The summed E-state index contributed by atoms with van der Waals surface area (Å²) >= 11 is 0. The van der Waals surface area contributed by atoms with E-state index in [1.54, 1.807) is 0 Å². The second-order valence-electron chi connectivity index (χ2n) is 5.19. The molecule has 3 nitrogen and oxygen atoms in total. The molecular formula is C13H26N2O. The molecule has 2 heterocycles. The Kier molecular flexibility index (Phi) is 4.62. The van der Waals surface area contributed by atoms with Gasteiger partial charge in [0.05, 0.1) is 6.61 Å². The molecule has 0 aromatic rings. The average molecular weight is 226 g/mol. The molecule has 0 radical (unpaired) electrons. The summed E-state index contributed by atoms with van der Waals surface area (Å²) in [6, 6.07) is 1.41. The number of nitrogens with zero attached hydrogens (tertiary/aromatic N) is 2. The van der Waals surface area contributed by atoms with Gasteiger partial charge in [0, 0.05) is 25.2 Å². The molecule has 0 aliphatic carbocycles. The van der Waals surface area contributed by atoms with Gasteiger partial charge >= 0.3 is 0 Å². The van der Waals surface area contributed by atoms with Gasteiger partial charge in [0.25, 0.3) is 0 Å². The lowest BCUT2D eigenvalue weighted by molar-refractivity contribution is 0.0698. The molecule has 2 rings (SSSR count). The lowest BCUT2D eigenvalue weighted by atomic mass is 10.2. The molecule has 0 bridgehead atoms. The first-order chi connectivity index (χ1) is 7.81. The monoisotopic (exact) mass is 226 g/mol. The van der Waals surface area contributed by atoms with Crippen LogP contribution in [0.2, 0.25) is 0 Å². The largest absolute Gasteiger partial charge is 0.380 e. The molecule has 2 aliphatic rings. The number of rotatable bonds is 4. The third-order valence-corrected chi connectivity index (χ3v) is 4.02. The maximum absolute atomic E-state index is 5.55. The van der Waals surface area contributed by atoms with Gasteiger partial charge in [-0.3, -0.25) is 9.80 Å². The second kappa shape index (κ2) is 5.99. The SMILES string of the molecule is CCOCC(C)N1CCCN2CCCC2C1. The zero-order valence-corrected chi connectivity index (χ0v) is 10.8. The van der Waals surface area contributed by atoms with Gasteiger partial charge in [0.15, 0.2) is 0 Å². The van der Waals surface area contributed by atoms with Crippen molar-refractivity contribution in [2.75, 3.05) is 39.4 Å². The van der Waals surface area contributed by atoms with Crippen LogP contribution in [0.1, 0.15) is 33.1 Å². The normalized spacial score (nSPS) is 30.0. The van der Waals surface area contributed by atoms with E-state index in [0.717, 1.165) is 19.3 Å². The third-order valence-electron chi connectivity index (χ3n) is 4.02. The Balaban J connectivity index is 1.84. The number of fused-ring (bicyclic) bond motifs is 1. The van der Waals surface area contributed by atoms with Gasteiger partial charge < -0.3 is 4.74 Å². The van der Waals surface area contributed by atoms with Gasteiger partial charge in [0.1, 0.15) is 0 Å². The summed E-state index contributed by atoms with van der Waals surface area (Å²) in [5.41, 5.74) is 0. The van der Waals surface area contributed by atoms with Crippen molar-refractivity contribution in [3.63, 3.8) is 0 Å². The predicted molar refractivity (Wildman–Crippen MR) is 66.7 cm³/mol. The van der Waals surface area contributed by atoms with Crippen molar-refractivity contribution in [3.05, 3.63) is 0 Å². The number of hydrogen-bond acceptors (Lipinski definition) is 3. The predicted octanol–water partition coefficient (Wildman–Crippen LogP) is 1.58. The highest BCUT2D eigenvalue weighted by molar-refractivity contribution is 4.86. The Hall–Kier alpha value is -0.120. The van der Waals surface area contributed by atoms with Gasteiger partial charge in [-0.2, -0.15) is 0 Å². The first kappa shape index (κ1) is 12.3. The summed E-state index contributed by atoms with van der Waals surface area (Å²) in [7, 11) is 0. The zero-order chi connectivity index (χ0) is 11.4. The zero-order valence-electron chi connectivity index (χ0n) is 10.8. The molecule has 2 fully saturated rings. The van der Waals surface area contributed by atoms with Crippen molar-refractivity contribution in [2.45, 2.75) is 45.2 Å². The van der Waals surface area contributed by atoms with E-state index >= 15 is 0 Å². The van der Waals surface area contributed by atoms with Crippen LogP contribution < -0.4 is 0 Å². The molecule has 94 valence electrons. The summed E-state index contributed by atoms with van der Waals surface area (Å²) in [4.78, 5) is 5.32. The minimum absolute atomic E-state index is 0.584. The average Bonchev–Trinajstić information content (AvgIpc) is 2.63. The van der Waals surface area contributed by atoms with Gasteiger partial charge in [0.2, 0.25) is 0 Å². The fourth-order valence-corrected chi connectivity index (χ4v) is 3.03. The van der Waals surface area contributed by atoms with E-state index in [9.17, 15) is 0 Å². The van der Waals surface area contributed by atoms with Crippen molar-refractivity contribution in [1.82, 2.24) is 9.80 Å². The van der Waals surface area contributed by atoms with Crippen molar-refractivity contribution >= 4 is 0 Å². The lowest BCUT2D eigenvalue weighted by Crippen LogP contribution is -2.42. The molecule has 0 amide bonds. The van der Waals surface area contributed by atoms with E-state index in [1.807, 2.05) is 0 Å². The maximum atomic E-state index is 5.55. The second-order valence-corrected chi connectivity index (χ2v) is 5.19. The molecular weight excluding hydrogens is 200 g/mol. The highest BCUT2D eigenvalue weighted by Crippen LogP contribution is 2.22. The van der Waals surface area contributed by atoms with Crippen molar-refractivity contribution < 1.29 is 4.74 Å². The van der Waals surface area contributed by atoms with Gasteiger partial charge in [-0.25, -0.2) is 0 Å². The molecule has 2 saturated heterocycles. The topological polar surface area (TPSA) is 15.7 Å². The van der Waals surface area contributed by atoms with Crippen LogP contribution in [0.3, 0.4) is 0 Å². The first-order valence-electron chi connectivity index (χ1n) is 6.87. The van der Waals surface area contributed by atoms with Crippen LogP contribution >= 0.6 is 0 Å². The van der Waals surface area contributed by atoms with E-state index in [4.69, 9.17) is 4.74 Å². The smallest absolute Gasteiger partial charge is 0.0619 e. The fraction of sp³-hybridized carbons (Fsp3) is 1.00. The summed E-state index contributed by atoms with van der Waals surface area (Å²) in [6.07, 6.45) is 4.13. The highest BCUT2D eigenvalue weighted by atomic mass is 16.5. The first-order valence-corrected chi connectivity index (χ1v) is 6.87. The maximum Gasteiger partial charge on any atom is 0.0619 e. The highest BCUT2D eigenvalue weighted by Gasteiger charge is 2.30. The Bertz CT molecular complexity index is 210. The molecule has 16 heavy (non-hydrogen) atoms. The Morgan fingerprint density at radius 1 is 1.25 bits per heavy atom. The minimum atomic E-state index is 0.584. The van der Waals surface area contributed by atoms with Gasteiger partial charge in [-0.05, 0) is 52.7 Å². The molecule has 2 unspecified atom stereocenters. The van der Waals surface area contributed by atoms with E-state index in [0.29, 0.717) is 6.04 Å². The van der Waals surface area contributed by atoms with Crippen LogP contribution in [0.25, 0.3) is 0 Å². The van der Waals surface area contributed by atoms with Gasteiger partial charge in [-0.1, -0.05) is 0 Å². The summed E-state index contributed by atoms with van der Waals surface area (Å²) in [5, 5.41) is 0. The van der Waals surface area contributed by atoms with Crippen LogP contribution in [0.5, 0.6) is 0 Å². The van der Waals surface area contributed by atoms with Crippen LogP contribution in [0, 0.1) is 0 Å². The summed E-state index contributed by atoms with van der Waals surface area (Å²) in [6.45, 7) is 11.3. The van der Waals surface area contributed by atoms with Crippen LogP contribution in [-0.4, -0.2) is 61.3 Å². The molecule has 3 heteroatoms. The van der Waals surface area contributed by atoms with E-state index in [2.05, 4.69) is 23.6 Å². The molecule has 2 atom stereocenters. The lowest BCUT2D eigenvalue weighted by Gasteiger charge is -2.30. The number of hydrogen-bond donors (Lipinski definition) is 0. The van der Waals surface area contributed by atoms with Crippen LogP contribution in [0.4, 0.5) is 0 Å². The summed E-state index contributed by atoms with van der Waals surface area (Å²) in [5.74, 6) is 0.